The van der Waals surface area contributed by atoms with Crippen LogP contribution in [0.2, 0.25) is 0 Å². The van der Waals surface area contributed by atoms with Gasteiger partial charge in [0.05, 0.1) is 19.6 Å². The van der Waals surface area contributed by atoms with Crippen molar-refractivity contribution in [3.05, 3.63) is 42.5 Å². The minimum Gasteiger partial charge on any atom is -0.494 e. The second-order valence-corrected chi connectivity index (χ2v) is 6.64. The van der Waals surface area contributed by atoms with E-state index in [0.29, 0.717) is 45.4 Å². The molecule has 1 aliphatic rings. The van der Waals surface area contributed by atoms with Crippen LogP contribution in [0.4, 0.5) is 0 Å². The molecule has 0 saturated carbocycles. The lowest BCUT2D eigenvalue weighted by Gasteiger charge is -2.30. The van der Waals surface area contributed by atoms with Crippen LogP contribution in [-0.4, -0.2) is 43.6 Å². The summed E-state index contributed by atoms with van der Waals surface area (Å²) in [6.07, 6.45) is 2.52. The summed E-state index contributed by atoms with van der Waals surface area (Å²) in [5, 5.41) is 2.33. The molecule has 3 rings (SSSR count). The standard InChI is InChI=1S/C21H25NO4/c1-25-21(24)17-10-12-22(13-11-17)20(23)7-4-14-26-19-9-8-16-5-2-3-6-18(16)15-19/h2-3,5-6,8-9,15,17H,4,7,10-14H2,1H3. The summed E-state index contributed by atoms with van der Waals surface area (Å²) in [4.78, 5) is 25.7. The predicted molar refractivity (Wildman–Crippen MR) is 100.0 cm³/mol. The van der Waals surface area contributed by atoms with Crippen molar-refractivity contribution in [1.82, 2.24) is 4.90 Å². The highest BCUT2D eigenvalue weighted by molar-refractivity contribution is 5.83. The van der Waals surface area contributed by atoms with Crippen LogP contribution < -0.4 is 4.74 Å². The molecule has 1 heterocycles. The quantitative estimate of drug-likeness (QED) is 0.589. The SMILES string of the molecule is COC(=O)C1CCN(C(=O)CCCOc2ccc3ccccc3c2)CC1. The maximum atomic E-state index is 12.3. The van der Waals surface area contributed by atoms with Crippen LogP contribution in [0, 0.1) is 5.92 Å². The molecular formula is C21H25NO4. The number of carbonyl (C=O) groups is 2. The Morgan fingerprint density at radius 1 is 1.08 bits per heavy atom. The Morgan fingerprint density at radius 3 is 2.54 bits per heavy atom. The molecule has 1 saturated heterocycles. The molecule has 0 N–H and O–H groups in total. The van der Waals surface area contributed by atoms with E-state index >= 15 is 0 Å². The van der Waals surface area contributed by atoms with E-state index in [2.05, 4.69) is 12.1 Å². The fraction of sp³-hybridized carbons (Fsp3) is 0.429. The molecule has 5 nitrogen and oxygen atoms in total. The Morgan fingerprint density at radius 2 is 1.81 bits per heavy atom. The van der Waals surface area contributed by atoms with E-state index in [1.165, 1.54) is 12.5 Å². The highest BCUT2D eigenvalue weighted by Gasteiger charge is 2.27. The molecule has 2 aromatic rings. The van der Waals surface area contributed by atoms with E-state index in [0.717, 1.165) is 11.1 Å². The third-order valence-corrected chi connectivity index (χ3v) is 4.91. The van der Waals surface area contributed by atoms with Crippen LogP contribution in [0.5, 0.6) is 5.75 Å². The number of ether oxygens (including phenoxy) is 2. The van der Waals surface area contributed by atoms with Crippen molar-refractivity contribution in [2.75, 3.05) is 26.8 Å². The molecule has 1 aliphatic heterocycles. The molecule has 5 heteroatoms. The number of amides is 1. The minimum atomic E-state index is -0.166. The molecule has 0 aliphatic carbocycles. The lowest BCUT2D eigenvalue weighted by atomic mass is 9.97. The van der Waals surface area contributed by atoms with Crippen LogP contribution in [-0.2, 0) is 14.3 Å². The average Bonchev–Trinajstić information content (AvgIpc) is 2.70. The molecule has 1 fully saturated rings. The molecule has 0 bridgehead atoms. The van der Waals surface area contributed by atoms with Gasteiger partial charge in [-0.05, 0) is 42.2 Å². The van der Waals surface area contributed by atoms with Gasteiger partial charge in [-0.3, -0.25) is 9.59 Å². The Hall–Kier alpha value is -2.56. The maximum absolute atomic E-state index is 12.3. The normalized spacial score (nSPS) is 15.0. The first-order valence-electron chi connectivity index (χ1n) is 9.14. The van der Waals surface area contributed by atoms with Gasteiger partial charge in [-0.2, -0.15) is 0 Å². The van der Waals surface area contributed by atoms with Crippen molar-refractivity contribution in [1.29, 1.82) is 0 Å². The van der Waals surface area contributed by atoms with E-state index in [-0.39, 0.29) is 17.8 Å². The molecule has 138 valence electrons. The summed E-state index contributed by atoms with van der Waals surface area (Å²) in [7, 11) is 1.41. The van der Waals surface area contributed by atoms with E-state index in [1.54, 1.807) is 0 Å². The number of nitrogens with zero attached hydrogens (tertiary/aromatic N) is 1. The van der Waals surface area contributed by atoms with Crippen LogP contribution in [0.25, 0.3) is 10.8 Å². The fourth-order valence-electron chi connectivity index (χ4n) is 3.36. The molecule has 0 aromatic heterocycles. The van der Waals surface area contributed by atoms with Gasteiger partial charge in [0, 0.05) is 19.5 Å². The first-order chi connectivity index (χ1) is 12.7. The zero-order valence-electron chi connectivity index (χ0n) is 15.1. The lowest BCUT2D eigenvalue weighted by molar-refractivity contribution is -0.148. The summed E-state index contributed by atoms with van der Waals surface area (Å²) in [5.74, 6) is 0.728. The van der Waals surface area contributed by atoms with Gasteiger partial charge in [-0.1, -0.05) is 30.3 Å². The molecule has 0 atom stereocenters. The Balaban J connectivity index is 1.39. The number of hydrogen-bond donors (Lipinski definition) is 0. The number of fused-ring (bicyclic) bond motifs is 1. The monoisotopic (exact) mass is 355 g/mol. The lowest BCUT2D eigenvalue weighted by Crippen LogP contribution is -2.40. The van der Waals surface area contributed by atoms with Crippen molar-refractivity contribution in [2.24, 2.45) is 5.92 Å². The second kappa shape index (κ2) is 8.70. The largest absolute Gasteiger partial charge is 0.494 e. The van der Waals surface area contributed by atoms with Crippen LogP contribution in [0.1, 0.15) is 25.7 Å². The van der Waals surface area contributed by atoms with Gasteiger partial charge in [0.2, 0.25) is 5.91 Å². The summed E-state index contributed by atoms with van der Waals surface area (Å²) < 4.78 is 10.6. The van der Waals surface area contributed by atoms with Crippen LogP contribution in [0.3, 0.4) is 0 Å². The summed E-state index contributed by atoms with van der Waals surface area (Å²) in [5.41, 5.74) is 0. The highest BCUT2D eigenvalue weighted by atomic mass is 16.5. The van der Waals surface area contributed by atoms with Gasteiger partial charge in [0.1, 0.15) is 5.75 Å². The molecule has 0 radical (unpaired) electrons. The number of hydrogen-bond acceptors (Lipinski definition) is 4. The zero-order valence-corrected chi connectivity index (χ0v) is 15.1. The van der Waals surface area contributed by atoms with E-state index in [4.69, 9.17) is 9.47 Å². The number of esters is 1. The smallest absolute Gasteiger partial charge is 0.308 e. The number of rotatable bonds is 6. The van der Waals surface area contributed by atoms with Crippen LogP contribution in [0.15, 0.2) is 42.5 Å². The third-order valence-electron chi connectivity index (χ3n) is 4.91. The highest BCUT2D eigenvalue weighted by Crippen LogP contribution is 2.21. The van der Waals surface area contributed by atoms with Crippen molar-refractivity contribution < 1.29 is 19.1 Å². The maximum Gasteiger partial charge on any atom is 0.308 e. The fourth-order valence-corrected chi connectivity index (χ4v) is 3.36. The minimum absolute atomic E-state index is 0.0692. The van der Waals surface area contributed by atoms with Crippen molar-refractivity contribution >= 4 is 22.6 Å². The molecule has 0 unspecified atom stereocenters. The van der Waals surface area contributed by atoms with Crippen molar-refractivity contribution in [3.8, 4) is 5.75 Å². The van der Waals surface area contributed by atoms with Crippen LogP contribution >= 0.6 is 0 Å². The van der Waals surface area contributed by atoms with Gasteiger partial charge < -0.3 is 14.4 Å². The Bertz CT molecular complexity index is 765. The number of methoxy groups -OCH3 is 1. The van der Waals surface area contributed by atoms with Gasteiger partial charge in [0.15, 0.2) is 0 Å². The van der Waals surface area contributed by atoms with Crippen molar-refractivity contribution in [3.63, 3.8) is 0 Å². The number of piperidine rings is 1. The first-order valence-corrected chi connectivity index (χ1v) is 9.14. The molecular weight excluding hydrogens is 330 g/mol. The topological polar surface area (TPSA) is 55.8 Å². The van der Waals surface area contributed by atoms with Gasteiger partial charge in [0.25, 0.3) is 0 Å². The first kappa shape index (κ1) is 18.2. The number of likely N-dealkylation sites (tertiary alicyclic amines) is 1. The average molecular weight is 355 g/mol. The molecule has 26 heavy (non-hydrogen) atoms. The van der Waals surface area contributed by atoms with E-state index < -0.39 is 0 Å². The molecule has 1 amide bonds. The third kappa shape index (κ3) is 4.54. The summed E-state index contributed by atoms with van der Waals surface area (Å²) in [6, 6.07) is 14.2. The zero-order chi connectivity index (χ0) is 18.4. The predicted octanol–water partition coefficient (Wildman–Crippen LogP) is 3.41. The van der Waals surface area contributed by atoms with E-state index in [1.807, 2.05) is 35.2 Å². The van der Waals surface area contributed by atoms with Gasteiger partial charge >= 0.3 is 5.97 Å². The second-order valence-electron chi connectivity index (χ2n) is 6.64. The molecule has 2 aromatic carbocycles. The Labute approximate surface area is 153 Å². The van der Waals surface area contributed by atoms with Crippen molar-refractivity contribution in [2.45, 2.75) is 25.7 Å². The summed E-state index contributed by atoms with van der Waals surface area (Å²) >= 11 is 0. The number of benzene rings is 2. The number of carbonyl (C=O) groups excluding carboxylic acids is 2. The molecule has 0 spiro atoms. The summed E-state index contributed by atoms with van der Waals surface area (Å²) in [6.45, 7) is 1.77. The van der Waals surface area contributed by atoms with Gasteiger partial charge in [-0.15, -0.1) is 0 Å². The Kier molecular flexibility index (Phi) is 6.10. The van der Waals surface area contributed by atoms with E-state index in [9.17, 15) is 9.59 Å². The van der Waals surface area contributed by atoms with Gasteiger partial charge in [-0.25, -0.2) is 0 Å².